The molecule has 0 saturated heterocycles. The third-order valence-electron chi connectivity index (χ3n) is 4.18. The second kappa shape index (κ2) is 7.30. The molecule has 0 atom stereocenters. The normalized spacial score (nSPS) is 10.8. The Morgan fingerprint density at radius 3 is 2.67 bits per heavy atom. The van der Waals surface area contributed by atoms with E-state index in [0.29, 0.717) is 28.7 Å². The van der Waals surface area contributed by atoms with Gasteiger partial charge >= 0.3 is 0 Å². The van der Waals surface area contributed by atoms with Gasteiger partial charge in [-0.15, -0.1) is 11.3 Å². The van der Waals surface area contributed by atoms with E-state index >= 15 is 0 Å². The average Bonchev–Trinajstić information content (AvgIpc) is 3.20. The lowest BCUT2D eigenvalue weighted by atomic mass is 10.1. The zero-order valence-corrected chi connectivity index (χ0v) is 15.8. The number of hydrogen-bond donors (Lipinski definition) is 2. The van der Waals surface area contributed by atoms with Crippen molar-refractivity contribution in [3.8, 4) is 5.69 Å². The summed E-state index contributed by atoms with van der Waals surface area (Å²) in [6.07, 6.45) is 0. The zero-order chi connectivity index (χ0) is 18.8. The predicted molar refractivity (Wildman–Crippen MR) is 110 cm³/mol. The molecule has 0 radical (unpaired) electrons. The highest BCUT2D eigenvalue weighted by molar-refractivity contribution is 7.71. The van der Waals surface area contributed by atoms with Crippen LogP contribution in [0.2, 0.25) is 0 Å². The zero-order valence-electron chi connectivity index (χ0n) is 14.1. The van der Waals surface area contributed by atoms with Gasteiger partial charge in [-0.25, -0.2) is 0 Å². The van der Waals surface area contributed by atoms with Gasteiger partial charge in [0.1, 0.15) is 0 Å². The van der Waals surface area contributed by atoms with Gasteiger partial charge in [0.2, 0.25) is 0 Å². The van der Waals surface area contributed by atoms with Crippen molar-refractivity contribution in [1.82, 2.24) is 14.9 Å². The Morgan fingerprint density at radius 2 is 1.93 bits per heavy atom. The molecule has 2 heterocycles. The van der Waals surface area contributed by atoms with Crippen LogP contribution in [-0.4, -0.2) is 15.5 Å². The second-order valence-electron chi connectivity index (χ2n) is 5.93. The van der Waals surface area contributed by atoms with E-state index in [4.69, 9.17) is 12.2 Å². The van der Waals surface area contributed by atoms with Crippen LogP contribution in [0, 0.1) is 4.77 Å². The lowest BCUT2D eigenvalue weighted by Crippen LogP contribution is -2.23. The van der Waals surface area contributed by atoms with Crippen molar-refractivity contribution in [2.45, 2.75) is 6.54 Å². The molecular weight excluding hydrogens is 378 g/mol. The molecule has 5 nitrogen and oxygen atoms in total. The standard InChI is InChI=1S/C20H15N3O2S2/c24-18(21-12-15-7-4-10-27-15)13-8-9-16-17(11-13)22-20(26)23(19(16)25)14-5-2-1-3-6-14/h1-11H,12H2,(H,21,24)(H,22,26). The summed E-state index contributed by atoms with van der Waals surface area (Å²) in [6.45, 7) is 0.472. The Bertz CT molecular complexity index is 1230. The molecule has 0 unspecified atom stereocenters. The second-order valence-corrected chi connectivity index (χ2v) is 7.35. The van der Waals surface area contributed by atoms with Crippen LogP contribution in [0.15, 0.2) is 70.8 Å². The summed E-state index contributed by atoms with van der Waals surface area (Å²) in [4.78, 5) is 29.4. The van der Waals surface area contributed by atoms with Crippen molar-refractivity contribution in [3.63, 3.8) is 0 Å². The van der Waals surface area contributed by atoms with Gasteiger partial charge < -0.3 is 10.3 Å². The molecule has 4 rings (SSSR count). The number of nitrogens with one attached hydrogen (secondary N) is 2. The summed E-state index contributed by atoms with van der Waals surface area (Å²) in [5.41, 5.74) is 1.50. The SMILES string of the molecule is O=C(NCc1cccs1)c1ccc2c(=O)n(-c3ccccc3)c(=S)[nH]c2c1. The molecule has 2 aromatic carbocycles. The van der Waals surface area contributed by atoms with E-state index < -0.39 is 0 Å². The van der Waals surface area contributed by atoms with E-state index in [1.54, 1.807) is 29.5 Å². The maximum absolute atomic E-state index is 12.9. The molecule has 7 heteroatoms. The van der Waals surface area contributed by atoms with Crippen LogP contribution < -0.4 is 10.9 Å². The number of carbonyl (C=O) groups is 1. The van der Waals surface area contributed by atoms with E-state index in [1.165, 1.54) is 4.57 Å². The van der Waals surface area contributed by atoms with Gasteiger partial charge in [0.25, 0.3) is 11.5 Å². The van der Waals surface area contributed by atoms with Crippen LogP contribution >= 0.6 is 23.6 Å². The van der Waals surface area contributed by atoms with Crippen LogP contribution in [0.5, 0.6) is 0 Å². The van der Waals surface area contributed by atoms with E-state index in [9.17, 15) is 9.59 Å². The maximum atomic E-state index is 12.9. The first-order chi connectivity index (χ1) is 13.1. The molecule has 2 N–H and O–H groups in total. The first-order valence-corrected chi connectivity index (χ1v) is 9.57. The van der Waals surface area contributed by atoms with Gasteiger partial charge in [-0.2, -0.15) is 0 Å². The molecule has 134 valence electrons. The fraction of sp³-hybridized carbons (Fsp3) is 0.0500. The molecule has 0 saturated carbocycles. The van der Waals surface area contributed by atoms with Crippen molar-refractivity contribution < 1.29 is 4.79 Å². The number of nitrogens with zero attached hydrogens (tertiary/aromatic N) is 1. The highest BCUT2D eigenvalue weighted by Crippen LogP contribution is 2.14. The minimum atomic E-state index is -0.217. The summed E-state index contributed by atoms with van der Waals surface area (Å²) >= 11 is 6.96. The molecule has 0 spiro atoms. The number of thiophene rings is 1. The third kappa shape index (κ3) is 3.47. The highest BCUT2D eigenvalue weighted by Gasteiger charge is 2.11. The van der Waals surface area contributed by atoms with Crippen molar-refractivity contribution in [2.24, 2.45) is 0 Å². The maximum Gasteiger partial charge on any atom is 0.266 e. The van der Waals surface area contributed by atoms with E-state index in [2.05, 4.69) is 10.3 Å². The molecule has 0 aliphatic heterocycles. The lowest BCUT2D eigenvalue weighted by molar-refractivity contribution is 0.0951. The number of aromatic nitrogens is 2. The monoisotopic (exact) mass is 393 g/mol. The number of aromatic amines is 1. The Hall–Kier alpha value is -3.03. The Balaban J connectivity index is 1.70. The van der Waals surface area contributed by atoms with Crippen molar-refractivity contribution in [3.05, 3.63) is 91.6 Å². The predicted octanol–water partition coefficient (Wildman–Crippen LogP) is 4.04. The number of carbonyl (C=O) groups excluding carboxylic acids is 1. The average molecular weight is 393 g/mol. The van der Waals surface area contributed by atoms with E-state index in [-0.39, 0.29) is 16.2 Å². The molecule has 1 amide bonds. The van der Waals surface area contributed by atoms with Gasteiger partial charge in [-0.3, -0.25) is 14.2 Å². The van der Waals surface area contributed by atoms with Crippen molar-refractivity contribution in [2.75, 3.05) is 0 Å². The first-order valence-electron chi connectivity index (χ1n) is 8.28. The largest absolute Gasteiger partial charge is 0.347 e. The molecule has 4 aromatic rings. The summed E-state index contributed by atoms with van der Waals surface area (Å²) in [7, 11) is 0. The van der Waals surface area contributed by atoms with Crippen LogP contribution in [-0.2, 0) is 6.54 Å². The Morgan fingerprint density at radius 1 is 1.11 bits per heavy atom. The molecule has 0 aliphatic carbocycles. The van der Waals surface area contributed by atoms with Crippen molar-refractivity contribution in [1.29, 1.82) is 0 Å². The number of rotatable bonds is 4. The molecule has 0 fully saturated rings. The summed E-state index contributed by atoms with van der Waals surface area (Å²) < 4.78 is 1.74. The third-order valence-corrected chi connectivity index (χ3v) is 5.34. The molecular formula is C20H15N3O2S2. The Labute approximate surface area is 163 Å². The van der Waals surface area contributed by atoms with Gasteiger partial charge in [0.15, 0.2) is 4.77 Å². The van der Waals surface area contributed by atoms with E-state index in [1.807, 2.05) is 47.8 Å². The van der Waals surface area contributed by atoms with Crippen LogP contribution in [0.1, 0.15) is 15.2 Å². The number of para-hydroxylation sites is 1. The summed E-state index contributed by atoms with van der Waals surface area (Å²) in [5.74, 6) is -0.197. The van der Waals surface area contributed by atoms with Crippen LogP contribution in [0.4, 0.5) is 0 Å². The quantitative estimate of drug-likeness (QED) is 0.514. The van der Waals surface area contributed by atoms with Crippen molar-refractivity contribution >= 4 is 40.4 Å². The molecule has 2 aromatic heterocycles. The highest BCUT2D eigenvalue weighted by atomic mass is 32.1. The van der Waals surface area contributed by atoms with Gasteiger partial charge in [0.05, 0.1) is 23.1 Å². The molecule has 27 heavy (non-hydrogen) atoms. The van der Waals surface area contributed by atoms with Crippen LogP contribution in [0.25, 0.3) is 16.6 Å². The smallest absolute Gasteiger partial charge is 0.266 e. The number of H-pyrrole nitrogens is 1. The number of benzene rings is 2. The fourth-order valence-electron chi connectivity index (χ4n) is 2.85. The minimum Gasteiger partial charge on any atom is -0.347 e. The first kappa shape index (κ1) is 17.4. The van der Waals surface area contributed by atoms with Crippen LogP contribution in [0.3, 0.4) is 0 Å². The summed E-state index contributed by atoms with van der Waals surface area (Å²) in [6, 6.07) is 18.1. The number of fused-ring (bicyclic) bond motifs is 1. The van der Waals surface area contributed by atoms with Gasteiger partial charge in [-0.05, 0) is 54.0 Å². The summed E-state index contributed by atoms with van der Waals surface area (Å²) in [5, 5.41) is 5.32. The number of amides is 1. The van der Waals surface area contributed by atoms with Gasteiger partial charge in [0, 0.05) is 10.4 Å². The molecule has 0 aliphatic rings. The molecule has 0 bridgehead atoms. The topological polar surface area (TPSA) is 66.9 Å². The number of hydrogen-bond acceptors (Lipinski definition) is 4. The lowest BCUT2D eigenvalue weighted by Gasteiger charge is -2.09. The van der Waals surface area contributed by atoms with E-state index in [0.717, 1.165) is 4.88 Å². The van der Waals surface area contributed by atoms with Gasteiger partial charge in [-0.1, -0.05) is 24.3 Å². The minimum absolute atomic E-state index is 0.197. The Kier molecular flexibility index (Phi) is 4.70. The fourth-order valence-corrected chi connectivity index (χ4v) is 3.80.